The van der Waals surface area contributed by atoms with Gasteiger partial charge < -0.3 is 4.84 Å². The number of Topliss-reactive ketones (excluding diaryl/α,β-unsaturated/α-hetero) is 1. The normalized spacial score (nSPS) is 10.9. The third-order valence-corrected chi connectivity index (χ3v) is 6.21. The minimum absolute atomic E-state index is 0.198. The van der Waals surface area contributed by atoms with E-state index in [0.29, 0.717) is 12.0 Å². The molecule has 0 heterocycles. The Kier molecular flexibility index (Phi) is 10.4. The third-order valence-electron chi connectivity index (χ3n) is 5.13. The van der Waals surface area contributed by atoms with Gasteiger partial charge in [-0.05, 0) is 49.1 Å². The molecule has 0 aliphatic carbocycles. The second-order valence-electron chi connectivity index (χ2n) is 7.71. The Balaban J connectivity index is 1.25. The Hall–Kier alpha value is -3.18. The molecule has 0 bridgehead atoms. The summed E-state index contributed by atoms with van der Waals surface area (Å²) in [5.41, 5.74) is 2.56. The first-order chi connectivity index (χ1) is 16.2. The van der Waals surface area contributed by atoms with Crippen LogP contribution in [0.3, 0.4) is 0 Å². The summed E-state index contributed by atoms with van der Waals surface area (Å²) >= 11 is 1.78. The van der Waals surface area contributed by atoms with Crippen molar-refractivity contribution in [2.24, 2.45) is 5.16 Å². The van der Waals surface area contributed by atoms with Gasteiger partial charge in [0.1, 0.15) is 0 Å². The molecule has 3 rings (SSSR count). The lowest BCUT2D eigenvalue weighted by atomic mass is 10.0. The van der Waals surface area contributed by atoms with Crippen molar-refractivity contribution in [1.82, 2.24) is 0 Å². The van der Waals surface area contributed by atoms with Crippen LogP contribution in [0.4, 0.5) is 0 Å². The molecule has 0 spiro atoms. The Labute approximate surface area is 200 Å². The molecule has 0 atom stereocenters. The molecule has 3 aromatic carbocycles. The molecule has 0 saturated carbocycles. The van der Waals surface area contributed by atoms with Gasteiger partial charge in [-0.3, -0.25) is 4.79 Å². The van der Waals surface area contributed by atoms with Crippen LogP contribution in [0.25, 0.3) is 0 Å². The molecule has 0 N–H and O–H groups in total. The molecule has 0 amide bonds. The fraction of sp³-hybridized carbons (Fsp3) is 0.250. The van der Waals surface area contributed by atoms with E-state index >= 15 is 0 Å². The van der Waals surface area contributed by atoms with Crippen LogP contribution in [0.15, 0.2) is 95.0 Å². The summed E-state index contributed by atoms with van der Waals surface area (Å²) in [6.07, 6.45) is 6.79. The smallest absolute Gasteiger partial charge is 0.313 e. The molecule has 5 heteroatoms. The minimum atomic E-state index is -0.451. The van der Waals surface area contributed by atoms with E-state index in [1.807, 2.05) is 36.4 Å². The van der Waals surface area contributed by atoms with Gasteiger partial charge in [0.05, 0.1) is 5.56 Å². The molecule has 170 valence electrons. The third kappa shape index (κ3) is 9.07. The van der Waals surface area contributed by atoms with Gasteiger partial charge in [-0.2, -0.15) is 0 Å². The number of hydrogen-bond acceptors (Lipinski definition) is 5. The minimum Gasteiger partial charge on any atom is -0.313 e. The number of rotatable bonds is 13. The van der Waals surface area contributed by atoms with Crippen LogP contribution in [0, 0.1) is 0 Å². The van der Waals surface area contributed by atoms with Crippen molar-refractivity contribution >= 4 is 29.7 Å². The monoisotopic (exact) mass is 459 g/mol. The van der Waals surface area contributed by atoms with Crippen LogP contribution in [0.5, 0.6) is 0 Å². The first kappa shape index (κ1) is 24.5. The SMILES string of the molecule is O=C(CCCCCCC=NOC(=O)c1ccccc1)c1ccc(SCc2ccccc2)cc1. The van der Waals surface area contributed by atoms with Crippen molar-refractivity contribution in [3.05, 3.63) is 102 Å². The number of benzene rings is 3. The maximum absolute atomic E-state index is 12.4. The van der Waals surface area contributed by atoms with Crippen LogP contribution in [-0.4, -0.2) is 18.0 Å². The zero-order valence-electron chi connectivity index (χ0n) is 18.7. The quantitative estimate of drug-likeness (QED) is 0.0670. The topological polar surface area (TPSA) is 55.7 Å². The summed E-state index contributed by atoms with van der Waals surface area (Å²) in [6.45, 7) is 0. The van der Waals surface area contributed by atoms with Crippen molar-refractivity contribution in [3.63, 3.8) is 0 Å². The van der Waals surface area contributed by atoms with Gasteiger partial charge in [0.2, 0.25) is 0 Å². The molecule has 0 radical (unpaired) electrons. The van der Waals surface area contributed by atoms with E-state index in [-0.39, 0.29) is 5.78 Å². The van der Waals surface area contributed by atoms with Crippen molar-refractivity contribution in [2.75, 3.05) is 0 Å². The first-order valence-corrected chi connectivity index (χ1v) is 12.3. The standard InChI is InChI=1S/C28H29NO3S/c30-27(24-17-19-26(20-18-24)33-22-23-12-6-4-7-13-23)16-10-2-1-3-11-21-29-32-28(31)25-14-8-5-9-15-25/h4-9,12-15,17-21H,1-3,10-11,16,22H2. The van der Waals surface area contributed by atoms with Crippen LogP contribution < -0.4 is 0 Å². The maximum Gasteiger partial charge on any atom is 0.365 e. The number of thioether (sulfide) groups is 1. The summed E-state index contributed by atoms with van der Waals surface area (Å²) in [7, 11) is 0. The largest absolute Gasteiger partial charge is 0.365 e. The highest BCUT2D eigenvalue weighted by Gasteiger charge is 2.06. The molecule has 0 saturated heterocycles. The summed E-state index contributed by atoms with van der Waals surface area (Å²) in [6, 6.07) is 27.1. The van der Waals surface area contributed by atoms with E-state index in [9.17, 15) is 9.59 Å². The summed E-state index contributed by atoms with van der Waals surface area (Å²) in [5.74, 6) is 0.672. The Morgan fingerprint density at radius 1 is 0.758 bits per heavy atom. The van der Waals surface area contributed by atoms with E-state index in [4.69, 9.17) is 4.84 Å². The number of nitrogens with zero attached hydrogens (tertiary/aromatic N) is 1. The second-order valence-corrected chi connectivity index (χ2v) is 8.76. The Bertz CT molecular complexity index is 1020. The van der Waals surface area contributed by atoms with Gasteiger partial charge in [-0.1, -0.05) is 78.7 Å². The van der Waals surface area contributed by atoms with Crippen molar-refractivity contribution in [2.45, 2.75) is 49.2 Å². The zero-order chi connectivity index (χ0) is 23.1. The van der Waals surface area contributed by atoms with E-state index in [1.54, 1.807) is 42.2 Å². The van der Waals surface area contributed by atoms with Crippen LogP contribution in [0.1, 0.15) is 64.8 Å². The number of unbranched alkanes of at least 4 members (excludes halogenated alkanes) is 4. The van der Waals surface area contributed by atoms with Gasteiger partial charge in [-0.15, -0.1) is 11.8 Å². The van der Waals surface area contributed by atoms with Crippen LogP contribution >= 0.6 is 11.8 Å². The average molecular weight is 460 g/mol. The van der Waals surface area contributed by atoms with E-state index < -0.39 is 5.97 Å². The Morgan fingerprint density at radius 2 is 1.42 bits per heavy atom. The number of oxime groups is 1. The van der Waals surface area contributed by atoms with Crippen LogP contribution in [0.2, 0.25) is 0 Å². The van der Waals surface area contributed by atoms with Gasteiger partial charge in [-0.25, -0.2) is 4.79 Å². The van der Waals surface area contributed by atoms with Gasteiger partial charge in [0.15, 0.2) is 5.78 Å². The van der Waals surface area contributed by atoms with E-state index in [0.717, 1.165) is 43.4 Å². The number of carbonyl (C=O) groups is 2. The van der Waals surface area contributed by atoms with E-state index in [2.05, 4.69) is 29.4 Å². The highest BCUT2D eigenvalue weighted by atomic mass is 32.2. The number of carbonyl (C=O) groups excluding carboxylic acids is 2. The second kappa shape index (κ2) is 14.1. The number of hydrogen-bond donors (Lipinski definition) is 0. The molecular weight excluding hydrogens is 430 g/mol. The zero-order valence-corrected chi connectivity index (χ0v) is 19.5. The highest BCUT2D eigenvalue weighted by Crippen LogP contribution is 2.23. The van der Waals surface area contributed by atoms with Crippen molar-refractivity contribution in [3.8, 4) is 0 Å². The summed E-state index contributed by atoms with van der Waals surface area (Å²) in [4.78, 5) is 30.2. The lowest BCUT2D eigenvalue weighted by Gasteiger charge is -2.05. The predicted octanol–water partition coefficient (Wildman–Crippen LogP) is 7.35. The molecule has 0 aliphatic heterocycles. The maximum atomic E-state index is 12.4. The average Bonchev–Trinajstić information content (AvgIpc) is 2.87. The molecule has 33 heavy (non-hydrogen) atoms. The lowest BCUT2D eigenvalue weighted by molar-refractivity contribution is 0.0518. The fourth-order valence-electron chi connectivity index (χ4n) is 3.26. The van der Waals surface area contributed by atoms with Gasteiger partial charge in [0.25, 0.3) is 0 Å². The molecule has 0 fully saturated rings. The Morgan fingerprint density at radius 3 is 2.15 bits per heavy atom. The molecular formula is C28H29NO3S. The molecule has 3 aromatic rings. The van der Waals surface area contributed by atoms with Crippen LogP contribution in [-0.2, 0) is 10.6 Å². The van der Waals surface area contributed by atoms with Gasteiger partial charge >= 0.3 is 5.97 Å². The lowest BCUT2D eigenvalue weighted by Crippen LogP contribution is -2.00. The van der Waals surface area contributed by atoms with Crippen molar-refractivity contribution in [1.29, 1.82) is 0 Å². The highest BCUT2D eigenvalue weighted by molar-refractivity contribution is 7.98. The van der Waals surface area contributed by atoms with Gasteiger partial charge in [0, 0.05) is 28.8 Å². The van der Waals surface area contributed by atoms with Crippen molar-refractivity contribution < 1.29 is 14.4 Å². The number of ketones is 1. The molecule has 0 unspecified atom stereocenters. The summed E-state index contributed by atoms with van der Waals surface area (Å²) < 4.78 is 0. The first-order valence-electron chi connectivity index (χ1n) is 11.3. The molecule has 0 aliphatic rings. The van der Waals surface area contributed by atoms with E-state index in [1.165, 1.54) is 10.5 Å². The molecule has 0 aromatic heterocycles. The fourth-order valence-corrected chi connectivity index (χ4v) is 4.12. The predicted molar refractivity (Wildman–Crippen MR) is 135 cm³/mol. The molecule has 4 nitrogen and oxygen atoms in total. The summed E-state index contributed by atoms with van der Waals surface area (Å²) in [5, 5.41) is 3.74.